The molecule has 0 atom stereocenters. The monoisotopic (exact) mass is 837 g/mol. The number of aryl methyl sites for hydroxylation is 1. The fourth-order valence-electron chi connectivity index (χ4n) is 6.73. The number of benzene rings is 6. The summed E-state index contributed by atoms with van der Waals surface area (Å²) in [6.45, 7) is 2.08. The zero-order chi connectivity index (χ0) is 33.4. The number of ether oxygens (including phenoxy) is 1. The van der Waals surface area contributed by atoms with Gasteiger partial charge in [0, 0.05) is 40.5 Å². The molecule has 0 saturated heterocycles. The van der Waals surface area contributed by atoms with Gasteiger partial charge in [0.05, 0.1) is 6.20 Å². The Morgan fingerprint density at radius 1 is 0.608 bits per heavy atom. The summed E-state index contributed by atoms with van der Waals surface area (Å²) in [6, 6.07) is 56.8. The Morgan fingerprint density at radius 3 is 2.04 bits per heavy atom. The molecule has 0 amide bonds. The number of hydrogen-bond acceptors (Lipinski definition) is 3. The summed E-state index contributed by atoms with van der Waals surface area (Å²) in [5.41, 5.74) is 10.6. The molecule has 0 fully saturated rings. The average molecular weight is 838 g/mol. The molecule has 0 aliphatic rings. The second-order valence-electron chi connectivity index (χ2n) is 12.3. The molecule has 0 aliphatic heterocycles. The predicted octanol–water partition coefficient (Wildman–Crippen LogP) is 11.1. The van der Waals surface area contributed by atoms with Crippen LogP contribution in [-0.4, -0.2) is 19.3 Å². The molecule has 0 radical (unpaired) electrons. The van der Waals surface area contributed by atoms with Crippen molar-refractivity contribution in [2.75, 3.05) is 0 Å². The van der Waals surface area contributed by atoms with Gasteiger partial charge in [-0.1, -0.05) is 103 Å². The van der Waals surface area contributed by atoms with Crippen molar-refractivity contribution in [2.24, 2.45) is 0 Å². The largest absolute Gasteiger partial charge is 2.00 e. The van der Waals surface area contributed by atoms with Crippen LogP contribution in [0.5, 0.6) is 11.5 Å². The van der Waals surface area contributed by atoms with Crippen molar-refractivity contribution in [3.8, 4) is 56.4 Å². The van der Waals surface area contributed by atoms with Gasteiger partial charge in [0.2, 0.25) is 0 Å². The molecule has 0 unspecified atom stereocenters. The molecule has 9 aromatic rings. The van der Waals surface area contributed by atoms with Crippen LogP contribution in [0.2, 0.25) is 0 Å². The molecular weight excluding hydrogens is 808 g/mol. The fraction of sp³-hybridized carbons (Fsp3) is 0.0222. The summed E-state index contributed by atoms with van der Waals surface area (Å²) in [5, 5.41) is 7.04. The maximum atomic E-state index is 6.42. The van der Waals surface area contributed by atoms with E-state index in [1.54, 1.807) is 0 Å². The van der Waals surface area contributed by atoms with Crippen molar-refractivity contribution in [1.29, 1.82) is 0 Å². The molecule has 51 heavy (non-hydrogen) atoms. The first-order chi connectivity index (χ1) is 24.7. The van der Waals surface area contributed by atoms with Crippen molar-refractivity contribution >= 4 is 21.8 Å². The zero-order valence-electron chi connectivity index (χ0n) is 27.6. The van der Waals surface area contributed by atoms with Crippen LogP contribution in [0.25, 0.3) is 66.7 Å². The molecule has 0 N–H and O–H groups in total. The second kappa shape index (κ2) is 13.7. The normalized spacial score (nSPS) is 11.1. The molecule has 0 bridgehead atoms. The van der Waals surface area contributed by atoms with Crippen molar-refractivity contribution < 1.29 is 25.8 Å². The van der Waals surface area contributed by atoms with Gasteiger partial charge in [-0.2, -0.15) is 17.2 Å². The molecule has 0 saturated carbocycles. The minimum Gasteiger partial charge on any atom is -0.509 e. The molecule has 3 aromatic heterocycles. The number of hydrogen-bond donors (Lipinski definition) is 0. The molecule has 0 aliphatic carbocycles. The van der Waals surface area contributed by atoms with Crippen LogP contribution in [0.4, 0.5) is 0 Å². The van der Waals surface area contributed by atoms with Crippen molar-refractivity contribution in [2.45, 2.75) is 6.92 Å². The van der Waals surface area contributed by atoms with Gasteiger partial charge >= 0.3 is 21.1 Å². The fourth-order valence-corrected chi connectivity index (χ4v) is 6.73. The van der Waals surface area contributed by atoms with Gasteiger partial charge in [-0.25, -0.2) is 4.98 Å². The van der Waals surface area contributed by atoms with E-state index in [1.807, 2.05) is 59.5 Å². The Bertz CT molecular complexity index is 2590. The van der Waals surface area contributed by atoms with Crippen LogP contribution in [0.15, 0.2) is 164 Å². The quantitative estimate of drug-likeness (QED) is 0.150. The molecule has 6 heteroatoms. The molecule has 246 valence electrons. The molecule has 0 spiro atoms. The Balaban J connectivity index is 0.00000374. The minimum atomic E-state index is 0. The average Bonchev–Trinajstić information content (AvgIpc) is 3.79. The summed E-state index contributed by atoms with van der Waals surface area (Å²) in [7, 11) is 0. The van der Waals surface area contributed by atoms with E-state index in [1.165, 1.54) is 0 Å². The van der Waals surface area contributed by atoms with Crippen LogP contribution < -0.4 is 4.74 Å². The summed E-state index contributed by atoms with van der Waals surface area (Å²) >= 11 is 0. The smallest absolute Gasteiger partial charge is 0.509 e. The van der Waals surface area contributed by atoms with Gasteiger partial charge in [0.15, 0.2) is 0 Å². The van der Waals surface area contributed by atoms with Crippen LogP contribution in [0, 0.1) is 19.1 Å². The SMILES string of the molecule is Cc1ccnc(-n2c3[c-]c(Oc4[c-]c(-n5cc(-c6c(-c7ccccc7)cccc6-c6ccccc6)cn5)ccc4)ccc3c3ccccc32)c1.[Pt+2]. The van der Waals surface area contributed by atoms with E-state index in [0.29, 0.717) is 11.5 Å². The van der Waals surface area contributed by atoms with E-state index < -0.39 is 0 Å². The van der Waals surface area contributed by atoms with E-state index in [9.17, 15) is 0 Å². The first-order valence-corrected chi connectivity index (χ1v) is 16.6. The van der Waals surface area contributed by atoms with Crippen LogP contribution >= 0.6 is 0 Å². The minimum absolute atomic E-state index is 0. The third-order valence-corrected chi connectivity index (χ3v) is 9.01. The van der Waals surface area contributed by atoms with Crippen molar-refractivity contribution in [3.63, 3.8) is 0 Å². The Labute approximate surface area is 310 Å². The van der Waals surface area contributed by atoms with E-state index in [4.69, 9.17) is 14.8 Å². The van der Waals surface area contributed by atoms with E-state index in [2.05, 4.69) is 133 Å². The Hall–Kier alpha value is -6.03. The van der Waals surface area contributed by atoms with E-state index >= 15 is 0 Å². The molecule has 6 aromatic carbocycles. The van der Waals surface area contributed by atoms with Crippen LogP contribution in [0.3, 0.4) is 0 Å². The topological polar surface area (TPSA) is 44.9 Å². The zero-order valence-corrected chi connectivity index (χ0v) is 29.9. The van der Waals surface area contributed by atoms with Gasteiger partial charge in [0.25, 0.3) is 0 Å². The van der Waals surface area contributed by atoms with Crippen LogP contribution in [-0.2, 0) is 21.1 Å². The maximum absolute atomic E-state index is 6.42. The number of pyridine rings is 1. The first-order valence-electron chi connectivity index (χ1n) is 16.6. The van der Waals surface area contributed by atoms with Crippen molar-refractivity contribution in [1.82, 2.24) is 19.3 Å². The third-order valence-electron chi connectivity index (χ3n) is 9.01. The molecule has 3 heterocycles. The van der Waals surface area contributed by atoms with E-state index in [-0.39, 0.29) is 21.1 Å². The summed E-state index contributed by atoms with van der Waals surface area (Å²) in [4.78, 5) is 4.70. The maximum Gasteiger partial charge on any atom is 2.00 e. The van der Waals surface area contributed by atoms with Gasteiger partial charge < -0.3 is 9.30 Å². The summed E-state index contributed by atoms with van der Waals surface area (Å²) in [6.07, 6.45) is 5.83. The molecule has 9 rings (SSSR count). The molecule has 5 nitrogen and oxygen atoms in total. The number of fused-ring (bicyclic) bond motifs is 3. The Morgan fingerprint density at radius 2 is 1.29 bits per heavy atom. The van der Waals surface area contributed by atoms with Gasteiger partial charge in [-0.05, 0) is 64.0 Å². The van der Waals surface area contributed by atoms with Gasteiger partial charge in [0.1, 0.15) is 5.82 Å². The number of aromatic nitrogens is 4. The number of rotatable bonds is 7. The third kappa shape index (κ3) is 6.07. The van der Waals surface area contributed by atoms with Crippen LogP contribution in [0.1, 0.15) is 5.56 Å². The number of nitrogens with zero attached hydrogens (tertiary/aromatic N) is 4. The predicted molar refractivity (Wildman–Crippen MR) is 201 cm³/mol. The van der Waals surface area contributed by atoms with Gasteiger partial charge in [-0.15, -0.1) is 35.7 Å². The van der Waals surface area contributed by atoms with Crippen molar-refractivity contribution in [3.05, 3.63) is 182 Å². The van der Waals surface area contributed by atoms with Gasteiger partial charge in [-0.3, -0.25) is 4.68 Å². The Kier molecular flexibility index (Phi) is 8.65. The van der Waals surface area contributed by atoms with E-state index in [0.717, 1.165) is 72.3 Å². The number of para-hydroxylation sites is 1. The summed E-state index contributed by atoms with van der Waals surface area (Å²) in [5.74, 6) is 2.01. The molecular formula is C45H30N4OPt. The first kappa shape index (κ1) is 32.2. The summed E-state index contributed by atoms with van der Waals surface area (Å²) < 4.78 is 10.4. The second-order valence-corrected chi connectivity index (χ2v) is 12.3. The standard InChI is InChI=1S/C45H30N4O.Pt/c1-31-24-25-46-44(26-31)49-42-21-9-8-18-40(42)41-23-22-37(28-43(41)49)50-36-17-10-16-35(27-36)48-30-34(29-47-48)45-38(32-12-4-2-5-13-32)19-11-20-39(45)33-14-6-3-7-15-33;/h2-26,29-30H,1H3;/q-2;+2.